The summed E-state index contributed by atoms with van der Waals surface area (Å²) < 4.78 is 0. The Kier molecular flexibility index (Phi) is 3.06. The molecule has 18 heavy (non-hydrogen) atoms. The van der Waals surface area contributed by atoms with E-state index >= 15 is 0 Å². The molecular formula is C11H17N5O2. The van der Waals surface area contributed by atoms with Crippen LogP contribution in [0.3, 0.4) is 0 Å². The van der Waals surface area contributed by atoms with Crippen molar-refractivity contribution >= 4 is 17.3 Å². The van der Waals surface area contributed by atoms with E-state index in [2.05, 4.69) is 29.1 Å². The van der Waals surface area contributed by atoms with Gasteiger partial charge >= 0.3 is 5.69 Å². The van der Waals surface area contributed by atoms with Gasteiger partial charge in [0, 0.05) is 6.04 Å². The highest BCUT2D eigenvalue weighted by atomic mass is 16.6. The van der Waals surface area contributed by atoms with Gasteiger partial charge in [0.05, 0.1) is 4.92 Å². The van der Waals surface area contributed by atoms with Crippen LogP contribution in [0.1, 0.15) is 33.1 Å². The normalized spacial score (nSPS) is 21.8. The van der Waals surface area contributed by atoms with Crippen molar-refractivity contribution in [2.45, 2.75) is 39.2 Å². The average molecular weight is 251 g/mol. The molecule has 0 saturated heterocycles. The summed E-state index contributed by atoms with van der Waals surface area (Å²) in [5.74, 6) is 0.116. The fraction of sp³-hybridized carbons (Fsp3) is 0.636. The summed E-state index contributed by atoms with van der Waals surface area (Å²) >= 11 is 0. The third-order valence-electron chi connectivity index (χ3n) is 3.34. The topological polar surface area (TPSA) is 107 Å². The number of anilines is 2. The molecule has 1 aromatic heterocycles. The predicted octanol–water partition coefficient (Wildman–Crippen LogP) is 1.96. The van der Waals surface area contributed by atoms with Crippen molar-refractivity contribution in [1.82, 2.24) is 9.97 Å². The van der Waals surface area contributed by atoms with Crippen LogP contribution >= 0.6 is 0 Å². The van der Waals surface area contributed by atoms with E-state index < -0.39 is 4.92 Å². The highest BCUT2D eigenvalue weighted by Crippen LogP contribution is 2.39. The van der Waals surface area contributed by atoms with Crippen LogP contribution in [0.5, 0.6) is 0 Å². The summed E-state index contributed by atoms with van der Waals surface area (Å²) in [5.41, 5.74) is 5.55. The minimum atomic E-state index is -0.544. The lowest BCUT2D eigenvalue weighted by atomic mass is 9.92. The molecule has 7 nitrogen and oxygen atoms in total. The van der Waals surface area contributed by atoms with Gasteiger partial charge in [0.25, 0.3) is 0 Å². The number of hydrogen-bond donors (Lipinski definition) is 2. The van der Waals surface area contributed by atoms with Gasteiger partial charge in [0.15, 0.2) is 0 Å². The first-order valence-corrected chi connectivity index (χ1v) is 5.90. The molecule has 2 rings (SSSR count). The Hall–Kier alpha value is -1.92. The van der Waals surface area contributed by atoms with Gasteiger partial charge in [-0.05, 0) is 24.7 Å². The van der Waals surface area contributed by atoms with Gasteiger partial charge in [-0.3, -0.25) is 10.1 Å². The monoisotopic (exact) mass is 251 g/mol. The van der Waals surface area contributed by atoms with Crippen LogP contribution in [0.4, 0.5) is 17.3 Å². The summed E-state index contributed by atoms with van der Waals surface area (Å²) in [6.45, 7) is 4.38. The third kappa shape index (κ3) is 2.49. The molecular weight excluding hydrogens is 234 g/mol. The van der Waals surface area contributed by atoms with E-state index in [1.165, 1.54) is 6.33 Å². The second-order valence-corrected chi connectivity index (χ2v) is 5.46. The summed E-state index contributed by atoms with van der Waals surface area (Å²) in [4.78, 5) is 18.0. The van der Waals surface area contributed by atoms with Gasteiger partial charge in [-0.1, -0.05) is 13.8 Å². The number of rotatable bonds is 3. The SMILES string of the molecule is CC1(C)CCC(Nc2ncnc(N)c2[N+](=O)[O-])C1. The first-order chi connectivity index (χ1) is 8.39. The van der Waals surface area contributed by atoms with Gasteiger partial charge in [-0.2, -0.15) is 0 Å². The molecule has 1 aromatic rings. The Labute approximate surface area is 105 Å². The van der Waals surface area contributed by atoms with E-state index in [0.717, 1.165) is 19.3 Å². The first-order valence-electron chi connectivity index (χ1n) is 5.90. The zero-order valence-electron chi connectivity index (χ0n) is 10.5. The summed E-state index contributed by atoms with van der Waals surface area (Å²) in [5, 5.41) is 14.1. The van der Waals surface area contributed by atoms with Crippen LogP contribution in [0.15, 0.2) is 6.33 Å². The van der Waals surface area contributed by atoms with Crippen LogP contribution in [0, 0.1) is 15.5 Å². The Morgan fingerprint density at radius 2 is 2.28 bits per heavy atom. The van der Waals surface area contributed by atoms with E-state index in [-0.39, 0.29) is 28.8 Å². The number of nitrogens with two attached hydrogens (primary N) is 1. The van der Waals surface area contributed by atoms with E-state index in [1.54, 1.807) is 0 Å². The fourth-order valence-electron chi connectivity index (χ4n) is 2.43. The zero-order chi connectivity index (χ0) is 13.3. The smallest absolute Gasteiger partial charge is 0.352 e. The molecule has 3 N–H and O–H groups in total. The molecule has 0 radical (unpaired) electrons. The number of nitrogens with one attached hydrogen (secondary N) is 1. The predicted molar refractivity (Wildman–Crippen MR) is 68.1 cm³/mol. The zero-order valence-corrected chi connectivity index (χ0v) is 10.5. The molecule has 1 saturated carbocycles. The number of hydrogen-bond acceptors (Lipinski definition) is 6. The fourth-order valence-corrected chi connectivity index (χ4v) is 2.43. The molecule has 98 valence electrons. The van der Waals surface area contributed by atoms with Gasteiger partial charge < -0.3 is 11.1 Å². The molecule has 1 aliphatic carbocycles. The van der Waals surface area contributed by atoms with Crippen molar-refractivity contribution in [2.75, 3.05) is 11.1 Å². The van der Waals surface area contributed by atoms with Crippen LogP contribution in [0.25, 0.3) is 0 Å². The molecule has 1 aliphatic rings. The molecule has 0 bridgehead atoms. The molecule has 1 atom stereocenters. The van der Waals surface area contributed by atoms with Gasteiger partial charge in [0.1, 0.15) is 6.33 Å². The largest absolute Gasteiger partial charge is 0.378 e. The van der Waals surface area contributed by atoms with E-state index in [0.29, 0.717) is 0 Å². The van der Waals surface area contributed by atoms with E-state index in [1.807, 2.05) is 0 Å². The highest BCUT2D eigenvalue weighted by Gasteiger charge is 2.32. The van der Waals surface area contributed by atoms with Gasteiger partial charge in [0.2, 0.25) is 11.6 Å². The lowest BCUT2D eigenvalue weighted by Crippen LogP contribution is -2.19. The molecule has 1 unspecified atom stereocenters. The number of nitro groups is 1. The van der Waals surface area contributed by atoms with Crippen molar-refractivity contribution < 1.29 is 4.92 Å². The van der Waals surface area contributed by atoms with Crippen molar-refractivity contribution in [2.24, 2.45) is 5.41 Å². The standard InChI is InChI=1S/C11H17N5O2/c1-11(2)4-3-7(5-11)15-10-8(16(17)18)9(12)13-6-14-10/h6-7H,3-5H2,1-2H3,(H3,12,13,14,15). The molecule has 1 heterocycles. The van der Waals surface area contributed by atoms with Crippen molar-refractivity contribution in [3.8, 4) is 0 Å². The summed E-state index contributed by atoms with van der Waals surface area (Å²) in [6, 6.07) is 0.202. The quantitative estimate of drug-likeness (QED) is 0.628. The summed E-state index contributed by atoms with van der Waals surface area (Å²) in [7, 11) is 0. The summed E-state index contributed by atoms with van der Waals surface area (Å²) in [6.07, 6.45) is 4.28. The van der Waals surface area contributed by atoms with Crippen LogP contribution in [-0.2, 0) is 0 Å². The number of nitrogens with zero attached hydrogens (tertiary/aromatic N) is 3. The van der Waals surface area contributed by atoms with E-state index in [9.17, 15) is 10.1 Å². The molecule has 0 aliphatic heterocycles. The molecule has 1 fully saturated rings. The van der Waals surface area contributed by atoms with Crippen LogP contribution < -0.4 is 11.1 Å². The maximum Gasteiger partial charge on any atom is 0.352 e. The lowest BCUT2D eigenvalue weighted by molar-refractivity contribution is -0.383. The van der Waals surface area contributed by atoms with Crippen LogP contribution in [0.2, 0.25) is 0 Å². The molecule has 0 spiro atoms. The second kappa shape index (κ2) is 4.40. The average Bonchev–Trinajstić information content (AvgIpc) is 2.57. The molecule has 7 heteroatoms. The Bertz CT molecular complexity index is 475. The second-order valence-electron chi connectivity index (χ2n) is 5.46. The minimum absolute atomic E-state index is 0.102. The number of nitrogen functional groups attached to an aromatic ring is 1. The first kappa shape index (κ1) is 12.5. The maximum atomic E-state index is 10.9. The van der Waals surface area contributed by atoms with E-state index in [4.69, 9.17) is 5.73 Å². The molecule has 0 amide bonds. The van der Waals surface area contributed by atoms with Crippen molar-refractivity contribution in [1.29, 1.82) is 0 Å². The maximum absolute atomic E-state index is 10.9. The third-order valence-corrected chi connectivity index (χ3v) is 3.34. The Balaban J connectivity index is 2.20. The lowest BCUT2D eigenvalue weighted by Gasteiger charge is -2.18. The Morgan fingerprint density at radius 1 is 1.56 bits per heavy atom. The molecule has 0 aromatic carbocycles. The highest BCUT2D eigenvalue weighted by molar-refractivity contribution is 5.67. The Morgan fingerprint density at radius 3 is 2.83 bits per heavy atom. The van der Waals surface area contributed by atoms with Crippen molar-refractivity contribution in [3.63, 3.8) is 0 Å². The minimum Gasteiger partial charge on any atom is -0.378 e. The number of aromatic nitrogens is 2. The van der Waals surface area contributed by atoms with Crippen LogP contribution in [-0.4, -0.2) is 20.9 Å². The van der Waals surface area contributed by atoms with Gasteiger partial charge in [-0.25, -0.2) is 9.97 Å². The van der Waals surface area contributed by atoms with Gasteiger partial charge in [-0.15, -0.1) is 0 Å². The van der Waals surface area contributed by atoms with Crippen molar-refractivity contribution in [3.05, 3.63) is 16.4 Å².